The van der Waals surface area contributed by atoms with Crippen molar-refractivity contribution in [1.82, 2.24) is 26.2 Å². The minimum atomic E-state index is -1.27. The van der Waals surface area contributed by atoms with E-state index < -0.39 is 53.1 Å². The van der Waals surface area contributed by atoms with Crippen LogP contribution in [0.15, 0.2) is 42.5 Å². The van der Waals surface area contributed by atoms with Crippen LogP contribution in [-0.2, 0) is 30.5 Å². The molecule has 5 N–H and O–H groups in total. The van der Waals surface area contributed by atoms with E-state index in [4.69, 9.17) is 4.74 Å². The lowest BCUT2D eigenvalue weighted by atomic mass is 10.0. The molecule has 0 spiro atoms. The second-order valence-electron chi connectivity index (χ2n) is 12.9. The summed E-state index contributed by atoms with van der Waals surface area (Å²) in [6.45, 7) is 5.16. The average molecular weight is 612 g/mol. The highest BCUT2D eigenvalue weighted by Gasteiger charge is 2.60. The first-order valence-electron chi connectivity index (χ1n) is 15.4. The zero-order valence-electron chi connectivity index (χ0n) is 25.8. The zero-order chi connectivity index (χ0) is 31.9. The van der Waals surface area contributed by atoms with Gasteiger partial charge < -0.3 is 36.0 Å². The topological polar surface area (TPSA) is 166 Å². The van der Waals surface area contributed by atoms with Gasteiger partial charge in [0, 0.05) is 25.4 Å². The Labute approximate surface area is 258 Å². The summed E-state index contributed by atoms with van der Waals surface area (Å²) in [6.07, 6.45) is 6.00. The van der Waals surface area contributed by atoms with Crippen LogP contribution in [0.1, 0.15) is 71.3 Å². The molecule has 0 unspecified atom stereocenters. The van der Waals surface area contributed by atoms with E-state index in [9.17, 15) is 29.1 Å². The van der Waals surface area contributed by atoms with Gasteiger partial charge in [0.1, 0.15) is 23.2 Å². The van der Waals surface area contributed by atoms with E-state index in [-0.39, 0.29) is 31.3 Å². The maximum atomic E-state index is 13.7. The second-order valence-corrected chi connectivity index (χ2v) is 12.9. The van der Waals surface area contributed by atoms with Gasteiger partial charge in [-0.3, -0.25) is 19.2 Å². The van der Waals surface area contributed by atoms with Crippen molar-refractivity contribution in [2.75, 3.05) is 13.1 Å². The molecule has 1 aliphatic carbocycles. The van der Waals surface area contributed by atoms with Gasteiger partial charge in [-0.15, -0.1) is 0 Å². The SMILES string of the molecule is CC(C)(C)OC(=O)N[C@H]1CCCCCC=C[C@@H]2C[C@@]2(C(=O)NCC(=O)NCc2ccccc2)NC(=O)[C@@H]2C[C@@H](O)CN2C1=O. The molecule has 2 heterocycles. The number of nitrogens with zero attached hydrogens (tertiary/aromatic N) is 1. The monoisotopic (exact) mass is 611 g/mol. The number of allylic oxidation sites excluding steroid dienone is 1. The van der Waals surface area contributed by atoms with Gasteiger partial charge in [-0.2, -0.15) is 0 Å². The number of alkyl carbamates (subject to hydrolysis) is 1. The molecule has 2 aliphatic heterocycles. The van der Waals surface area contributed by atoms with Crippen molar-refractivity contribution in [2.45, 2.75) is 102 Å². The molecule has 12 heteroatoms. The van der Waals surface area contributed by atoms with E-state index in [1.807, 2.05) is 42.5 Å². The van der Waals surface area contributed by atoms with Gasteiger partial charge in [0.25, 0.3) is 0 Å². The summed E-state index contributed by atoms with van der Waals surface area (Å²) in [6, 6.07) is 7.42. The number of ether oxygens (including phenoxy) is 1. The second kappa shape index (κ2) is 14.2. The van der Waals surface area contributed by atoms with E-state index >= 15 is 0 Å². The predicted molar refractivity (Wildman–Crippen MR) is 162 cm³/mol. The van der Waals surface area contributed by atoms with Gasteiger partial charge in [-0.25, -0.2) is 4.79 Å². The maximum absolute atomic E-state index is 13.7. The lowest BCUT2D eigenvalue weighted by Gasteiger charge is -2.30. The number of nitrogens with one attached hydrogen (secondary N) is 4. The molecular weight excluding hydrogens is 566 g/mol. The van der Waals surface area contributed by atoms with Crippen LogP contribution in [0.5, 0.6) is 0 Å². The number of aliphatic hydroxyl groups excluding tert-OH is 1. The Morgan fingerprint density at radius 3 is 2.57 bits per heavy atom. The Kier molecular flexibility index (Phi) is 10.7. The number of amides is 5. The first-order chi connectivity index (χ1) is 20.9. The molecule has 1 saturated heterocycles. The molecule has 44 heavy (non-hydrogen) atoms. The van der Waals surface area contributed by atoms with Crippen LogP contribution in [-0.4, -0.2) is 82.1 Å². The van der Waals surface area contributed by atoms with Crippen molar-refractivity contribution in [3.63, 3.8) is 0 Å². The Balaban J connectivity index is 1.46. The highest BCUT2D eigenvalue weighted by Crippen LogP contribution is 2.45. The molecule has 4 rings (SSSR count). The van der Waals surface area contributed by atoms with Crippen LogP contribution < -0.4 is 21.3 Å². The average Bonchev–Trinajstić information content (AvgIpc) is 3.51. The first-order valence-corrected chi connectivity index (χ1v) is 15.4. The molecule has 12 nitrogen and oxygen atoms in total. The van der Waals surface area contributed by atoms with Gasteiger partial charge in [0.2, 0.25) is 23.6 Å². The molecule has 2 fully saturated rings. The van der Waals surface area contributed by atoms with Crippen molar-refractivity contribution in [2.24, 2.45) is 5.92 Å². The highest BCUT2D eigenvalue weighted by atomic mass is 16.6. The third-order valence-electron chi connectivity index (χ3n) is 8.09. The van der Waals surface area contributed by atoms with Gasteiger partial charge >= 0.3 is 6.09 Å². The number of hydrogen-bond donors (Lipinski definition) is 5. The Morgan fingerprint density at radius 1 is 1.09 bits per heavy atom. The first kappa shape index (κ1) is 33.0. The molecular formula is C32H45N5O7. The largest absolute Gasteiger partial charge is 0.444 e. The normalized spacial score (nSPS) is 27.5. The van der Waals surface area contributed by atoms with E-state index in [0.29, 0.717) is 25.8 Å². The summed E-state index contributed by atoms with van der Waals surface area (Å²) in [4.78, 5) is 67.2. The summed E-state index contributed by atoms with van der Waals surface area (Å²) in [7, 11) is 0. The number of carbonyl (C=O) groups is 5. The van der Waals surface area contributed by atoms with Gasteiger partial charge in [0.05, 0.1) is 12.6 Å². The van der Waals surface area contributed by atoms with Crippen LogP contribution in [0.4, 0.5) is 4.79 Å². The Bertz CT molecular complexity index is 1250. The highest BCUT2D eigenvalue weighted by molar-refractivity contribution is 5.99. The number of hydrogen-bond acceptors (Lipinski definition) is 7. The number of aliphatic hydroxyl groups is 1. The fraction of sp³-hybridized carbons (Fsp3) is 0.594. The fourth-order valence-electron chi connectivity index (χ4n) is 5.72. The number of rotatable bonds is 6. The van der Waals surface area contributed by atoms with Crippen LogP contribution >= 0.6 is 0 Å². The number of benzene rings is 1. The van der Waals surface area contributed by atoms with Crippen LogP contribution in [0.25, 0.3) is 0 Å². The van der Waals surface area contributed by atoms with Crippen molar-refractivity contribution in [3.05, 3.63) is 48.0 Å². The molecule has 3 aliphatic rings. The molecule has 5 atom stereocenters. The third-order valence-corrected chi connectivity index (χ3v) is 8.09. The summed E-state index contributed by atoms with van der Waals surface area (Å²) in [5.74, 6) is -2.18. The minimum absolute atomic E-state index is 0.00315. The molecule has 1 aromatic rings. The molecule has 0 aromatic heterocycles. The maximum Gasteiger partial charge on any atom is 0.408 e. The van der Waals surface area contributed by atoms with Crippen LogP contribution in [0, 0.1) is 5.92 Å². The molecule has 1 aromatic carbocycles. The molecule has 1 saturated carbocycles. The minimum Gasteiger partial charge on any atom is -0.444 e. The summed E-state index contributed by atoms with van der Waals surface area (Å²) >= 11 is 0. The van der Waals surface area contributed by atoms with Crippen LogP contribution in [0.2, 0.25) is 0 Å². The molecule has 240 valence electrons. The quantitative estimate of drug-likeness (QED) is 0.305. The molecule has 0 bridgehead atoms. The van der Waals surface area contributed by atoms with E-state index in [2.05, 4.69) is 21.3 Å². The molecule has 0 radical (unpaired) electrons. The van der Waals surface area contributed by atoms with E-state index in [1.165, 1.54) is 4.90 Å². The van der Waals surface area contributed by atoms with Crippen molar-refractivity contribution < 1.29 is 33.8 Å². The third kappa shape index (κ3) is 8.81. The standard InChI is InChI=1S/C32H45N5O7/c1-31(2,3)44-30(43)35-24-15-11-6-4-5-10-14-22-17-32(22,36-27(40)25-16-23(38)20-37(25)28(24)41)29(42)34-19-26(39)33-18-21-12-8-7-9-13-21/h7-10,12-14,22-25,38H,4-6,11,15-20H2,1-3H3,(H,33,39)(H,34,42)(H,35,43)(H,36,40)/t22-,23-,24+,25+,32-/m1/s1. The van der Waals surface area contributed by atoms with Gasteiger partial charge in [-0.1, -0.05) is 55.3 Å². The zero-order valence-corrected chi connectivity index (χ0v) is 25.8. The van der Waals surface area contributed by atoms with E-state index in [1.54, 1.807) is 20.8 Å². The Morgan fingerprint density at radius 2 is 1.84 bits per heavy atom. The summed E-state index contributed by atoms with van der Waals surface area (Å²) in [5, 5.41) is 21.5. The summed E-state index contributed by atoms with van der Waals surface area (Å²) in [5.41, 5.74) is -1.11. The van der Waals surface area contributed by atoms with Crippen molar-refractivity contribution in [3.8, 4) is 0 Å². The summed E-state index contributed by atoms with van der Waals surface area (Å²) < 4.78 is 5.37. The Hall–Kier alpha value is -3.93. The van der Waals surface area contributed by atoms with E-state index in [0.717, 1.165) is 24.8 Å². The van der Waals surface area contributed by atoms with Crippen LogP contribution in [0.3, 0.4) is 0 Å². The van der Waals surface area contributed by atoms with Gasteiger partial charge in [-0.05, 0) is 52.0 Å². The molecule has 5 amide bonds. The lowest BCUT2D eigenvalue weighted by molar-refractivity contribution is -0.141. The lowest BCUT2D eigenvalue weighted by Crippen LogP contribution is -2.58. The van der Waals surface area contributed by atoms with Gasteiger partial charge in [0.15, 0.2) is 0 Å². The number of carbonyl (C=O) groups excluding carboxylic acids is 5. The van der Waals surface area contributed by atoms with Crippen molar-refractivity contribution >= 4 is 29.7 Å². The fourth-order valence-corrected chi connectivity index (χ4v) is 5.72. The number of fused-ring (bicyclic) bond motifs is 2. The smallest absolute Gasteiger partial charge is 0.408 e. The van der Waals surface area contributed by atoms with Crippen molar-refractivity contribution in [1.29, 1.82) is 0 Å². The predicted octanol–water partition coefficient (Wildman–Crippen LogP) is 1.67.